The number of benzene rings is 1. The molecule has 1 aromatic rings. The van der Waals surface area contributed by atoms with Gasteiger partial charge < -0.3 is 9.84 Å². The number of phenolic OH excluding ortho intramolecular Hbond substituents is 1. The van der Waals surface area contributed by atoms with Gasteiger partial charge in [-0.05, 0) is 22.0 Å². The van der Waals surface area contributed by atoms with Crippen LogP contribution in [-0.2, 0) is 0 Å². The molecule has 1 amide bonds. The number of nitrogens with two attached hydrogens (primary N) is 1. The van der Waals surface area contributed by atoms with E-state index in [-0.39, 0.29) is 11.3 Å². The van der Waals surface area contributed by atoms with Gasteiger partial charge in [-0.1, -0.05) is 0 Å². The van der Waals surface area contributed by atoms with Crippen molar-refractivity contribution < 1.29 is 14.6 Å². The first-order valence-corrected chi connectivity index (χ1v) is 4.47. The number of rotatable bonds is 2. The van der Waals surface area contributed by atoms with E-state index < -0.39 is 5.91 Å². The number of nitrogen functional groups attached to an aromatic ring is 1. The lowest BCUT2D eigenvalue weighted by atomic mass is 10.2. The van der Waals surface area contributed by atoms with Crippen LogP contribution in [0.3, 0.4) is 0 Å². The smallest absolute Gasteiger partial charge is 0.268 e. The highest BCUT2D eigenvalue weighted by Gasteiger charge is 2.13. The van der Waals surface area contributed by atoms with Crippen molar-refractivity contribution in [3.05, 3.63) is 22.2 Å². The lowest BCUT2D eigenvalue weighted by molar-refractivity contribution is 0.0951. The van der Waals surface area contributed by atoms with Gasteiger partial charge in [0.2, 0.25) is 0 Å². The molecular formula is C8H9BrN2O3. The fourth-order valence-corrected chi connectivity index (χ4v) is 1.46. The number of hydrazine groups is 1. The van der Waals surface area contributed by atoms with Gasteiger partial charge >= 0.3 is 0 Å². The van der Waals surface area contributed by atoms with Crippen LogP contribution < -0.4 is 16.0 Å². The molecule has 0 heterocycles. The number of ether oxygens (including phenoxy) is 1. The Bertz CT molecular complexity index is 368. The highest BCUT2D eigenvalue weighted by atomic mass is 79.9. The second-order valence-corrected chi connectivity index (χ2v) is 3.33. The predicted molar refractivity (Wildman–Crippen MR) is 54.0 cm³/mol. The molecule has 0 saturated heterocycles. The highest BCUT2D eigenvalue weighted by Crippen LogP contribution is 2.31. The van der Waals surface area contributed by atoms with Crippen molar-refractivity contribution in [2.75, 3.05) is 7.11 Å². The number of carbonyl (C=O) groups is 1. The molecule has 0 unspecified atom stereocenters. The largest absolute Gasteiger partial charge is 0.507 e. The Kier molecular flexibility index (Phi) is 3.32. The average molecular weight is 261 g/mol. The first-order valence-electron chi connectivity index (χ1n) is 3.67. The molecule has 76 valence electrons. The maximum Gasteiger partial charge on any atom is 0.268 e. The van der Waals surface area contributed by atoms with E-state index in [9.17, 15) is 9.90 Å². The maximum atomic E-state index is 11.1. The molecule has 0 aliphatic carbocycles. The summed E-state index contributed by atoms with van der Waals surface area (Å²) in [4.78, 5) is 11.1. The summed E-state index contributed by atoms with van der Waals surface area (Å²) in [5.41, 5.74) is 2.01. The molecule has 0 aromatic heterocycles. The van der Waals surface area contributed by atoms with Crippen LogP contribution >= 0.6 is 15.9 Å². The number of methoxy groups -OCH3 is 1. The Balaban J connectivity index is 3.21. The minimum absolute atomic E-state index is 0.0835. The highest BCUT2D eigenvalue weighted by molar-refractivity contribution is 9.10. The van der Waals surface area contributed by atoms with Crippen LogP contribution in [0, 0.1) is 0 Å². The first kappa shape index (κ1) is 10.8. The Morgan fingerprint density at radius 2 is 2.29 bits per heavy atom. The minimum atomic E-state index is -0.564. The molecule has 6 heteroatoms. The third-order valence-corrected chi connectivity index (χ3v) is 2.27. The molecule has 1 aromatic carbocycles. The normalized spacial score (nSPS) is 9.64. The minimum Gasteiger partial charge on any atom is -0.507 e. The quantitative estimate of drug-likeness (QED) is 0.417. The molecule has 5 nitrogen and oxygen atoms in total. The predicted octanol–water partition coefficient (Wildman–Crippen LogP) is 0.767. The number of nitrogens with one attached hydrogen (secondary N) is 1. The summed E-state index contributed by atoms with van der Waals surface area (Å²) < 4.78 is 5.49. The summed E-state index contributed by atoms with van der Waals surface area (Å²) in [6.45, 7) is 0. The topological polar surface area (TPSA) is 84.6 Å². The van der Waals surface area contributed by atoms with Crippen molar-refractivity contribution in [2.45, 2.75) is 0 Å². The van der Waals surface area contributed by atoms with Crippen LogP contribution in [0.5, 0.6) is 11.5 Å². The second kappa shape index (κ2) is 4.30. The first-order chi connectivity index (χ1) is 6.60. The molecule has 0 radical (unpaired) electrons. The van der Waals surface area contributed by atoms with Crippen LogP contribution in [0.4, 0.5) is 0 Å². The lowest BCUT2D eigenvalue weighted by Crippen LogP contribution is -2.30. The van der Waals surface area contributed by atoms with Gasteiger partial charge in [0.05, 0.1) is 17.1 Å². The van der Waals surface area contributed by atoms with Crippen LogP contribution in [0.1, 0.15) is 10.4 Å². The van der Waals surface area contributed by atoms with Gasteiger partial charge in [-0.15, -0.1) is 0 Å². The van der Waals surface area contributed by atoms with E-state index in [0.717, 1.165) is 0 Å². The average Bonchev–Trinajstić information content (AvgIpc) is 2.19. The molecule has 1 rings (SSSR count). The maximum absolute atomic E-state index is 11.1. The Morgan fingerprint density at radius 1 is 1.64 bits per heavy atom. The number of hydrogen-bond acceptors (Lipinski definition) is 4. The number of amides is 1. The van der Waals surface area contributed by atoms with E-state index in [1.54, 1.807) is 0 Å². The van der Waals surface area contributed by atoms with Gasteiger partial charge in [-0.25, -0.2) is 5.84 Å². The summed E-state index contributed by atoms with van der Waals surface area (Å²) in [6.07, 6.45) is 0. The number of aromatic hydroxyl groups is 1. The number of halogens is 1. The monoisotopic (exact) mass is 260 g/mol. The van der Waals surface area contributed by atoms with Gasteiger partial charge in [0.1, 0.15) is 11.5 Å². The van der Waals surface area contributed by atoms with Crippen LogP contribution in [0.2, 0.25) is 0 Å². The third kappa shape index (κ3) is 1.97. The van der Waals surface area contributed by atoms with E-state index in [1.807, 2.05) is 5.43 Å². The van der Waals surface area contributed by atoms with Gasteiger partial charge in [0.15, 0.2) is 0 Å². The number of carbonyl (C=O) groups excluding carboxylic acids is 1. The van der Waals surface area contributed by atoms with Crippen molar-refractivity contribution in [3.63, 3.8) is 0 Å². The van der Waals surface area contributed by atoms with E-state index in [4.69, 9.17) is 10.6 Å². The summed E-state index contributed by atoms with van der Waals surface area (Å²) in [7, 11) is 1.46. The molecule has 0 fully saturated rings. The van der Waals surface area contributed by atoms with Crippen molar-refractivity contribution in [1.82, 2.24) is 5.43 Å². The third-order valence-electron chi connectivity index (χ3n) is 1.65. The van der Waals surface area contributed by atoms with E-state index in [0.29, 0.717) is 10.2 Å². The van der Waals surface area contributed by atoms with Crippen molar-refractivity contribution in [1.29, 1.82) is 0 Å². The van der Waals surface area contributed by atoms with Gasteiger partial charge in [-0.3, -0.25) is 10.2 Å². The zero-order valence-electron chi connectivity index (χ0n) is 7.37. The SMILES string of the molecule is COc1cc(O)c(C(=O)NN)cc1Br. The summed E-state index contributed by atoms with van der Waals surface area (Å²) in [5.74, 6) is 4.63. The molecule has 0 aliphatic rings. The van der Waals surface area contributed by atoms with Gasteiger partial charge in [0, 0.05) is 6.07 Å². The van der Waals surface area contributed by atoms with Crippen molar-refractivity contribution in [2.24, 2.45) is 5.84 Å². The van der Waals surface area contributed by atoms with Crippen molar-refractivity contribution in [3.8, 4) is 11.5 Å². The molecule has 0 atom stereocenters. The fourth-order valence-electron chi connectivity index (χ4n) is 0.959. The second-order valence-electron chi connectivity index (χ2n) is 2.48. The molecule has 0 aliphatic heterocycles. The summed E-state index contributed by atoms with van der Waals surface area (Å²) in [6, 6.07) is 2.75. The van der Waals surface area contributed by atoms with E-state index >= 15 is 0 Å². The number of hydrogen-bond donors (Lipinski definition) is 3. The Hall–Kier alpha value is -1.27. The molecule has 0 bridgehead atoms. The van der Waals surface area contributed by atoms with Crippen LogP contribution in [0.25, 0.3) is 0 Å². The fraction of sp³-hybridized carbons (Fsp3) is 0.125. The zero-order valence-corrected chi connectivity index (χ0v) is 8.96. The lowest BCUT2D eigenvalue weighted by Gasteiger charge is -2.07. The van der Waals surface area contributed by atoms with Gasteiger partial charge in [-0.2, -0.15) is 0 Å². The molecule has 14 heavy (non-hydrogen) atoms. The summed E-state index contributed by atoms with van der Waals surface area (Å²) >= 11 is 3.18. The van der Waals surface area contributed by atoms with Crippen LogP contribution in [0.15, 0.2) is 16.6 Å². The molecule has 0 spiro atoms. The van der Waals surface area contributed by atoms with Gasteiger partial charge in [0.25, 0.3) is 5.91 Å². The number of phenols is 1. The summed E-state index contributed by atoms with van der Waals surface area (Å²) in [5, 5.41) is 9.43. The van der Waals surface area contributed by atoms with Crippen LogP contribution in [-0.4, -0.2) is 18.1 Å². The standard InChI is InChI=1S/C8H9BrN2O3/c1-14-7-3-6(12)4(2-5(7)9)8(13)11-10/h2-3,12H,10H2,1H3,(H,11,13). The zero-order chi connectivity index (χ0) is 10.7. The van der Waals surface area contributed by atoms with E-state index in [1.165, 1.54) is 19.2 Å². The molecular weight excluding hydrogens is 252 g/mol. The molecule has 4 N–H and O–H groups in total. The molecule has 0 saturated carbocycles. The van der Waals surface area contributed by atoms with Crippen molar-refractivity contribution >= 4 is 21.8 Å². The Morgan fingerprint density at radius 3 is 2.79 bits per heavy atom. The Labute approximate surface area is 89.0 Å². The van der Waals surface area contributed by atoms with E-state index in [2.05, 4.69) is 15.9 Å².